The molecule has 0 aliphatic heterocycles. The summed E-state index contributed by atoms with van der Waals surface area (Å²) in [5.74, 6) is 0.132. The largest absolute Gasteiger partial charge is 0.383 e. The topological polar surface area (TPSA) is 86.5 Å². The summed E-state index contributed by atoms with van der Waals surface area (Å²) in [4.78, 5) is 5.33. The average molecular weight is 411 g/mol. The zero-order valence-electron chi connectivity index (χ0n) is 16.9. The second kappa shape index (κ2) is 9.78. The number of anilines is 1. The van der Waals surface area contributed by atoms with E-state index in [1.807, 2.05) is 54.6 Å². The van der Waals surface area contributed by atoms with Crippen LogP contribution >= 0.6 is 11.8 Å². The van der Waals surface area contributed by atoms with E-state index in [0.29, 0.717) is 16.2 Å². The fraction of sp³-hybridized carbons (Fsp3) is 0.160. The minimum Gasteiger partial charge on any atom is -0.383 e. The first-order valence-corrected chi connectivity index (χ1v) is 10.6. The summed E-state index contributed by atoms with van der Waals surface area (Å²) in [7, 11) is 0. The van der Waals surface area contributed by atoms with Gasteiger partial charge in [-0.05, 0) is 41.7 Å². The highest BCUT2D eigenvalue weighted by molar-refractivity contribution is 7.99. The van der Waals surface area contributed by atoms with E-state index in [4.69, 9.17) is 5.73 Å². The van der Waals surface area contributed by atoms with Crippen molar-refractivity contribution in [2.75, 3.05) is 5.73 Å². The van der Waals surface area contributed by atoms with Gasteiger partial charge in [0.1, 0.15) is 28.5 Å². The Labute approximate surface area is 181 Å². The zero-order valence-corrected chi connectivity index (χ0v) is 17.7. The van der Waals surface area contributed by atoms with E-state index in [1.165, 1.54) is 11.8 Å². The first kappa shape index (κ1) is 21.2. The molecule has 0 amide bonds. The van der Waals surface area contributed by atoms with E-state index in [0.717, 1.165) is 40.8 Å². The molecule has 0 spiro atoms. The third-order valence-corrected chi connectivity index (χ3v) is 5.82. The Hall–Kier alpha value is -3.54. The van der Waals surface area contributed by atoms with Crippen molar-refractivity contribution in [1.82, 2.24) is 4.98 Å². The summed E-state index contributed by atoms with van der Waals surface area (Å²) < 4.78 is 0. The van der Waals surface area contributed by atoms with E-state index in [2.05, 4.69) is 30.6 Å². The highest BCUT2D eigenvalue weighted by Gasteiger charge is 2.21. The van der Waals surface area contributed by atoms with Gasteiger partial charge < -0.3 is 5.73 Å². The Morgan fingerprint density at radius 2 is 1.83 bits per heavy atom. The van der Waals surface area contributed by atoms with Gasteiger partial charge in [-0.1, -0.05) is 74.2 Å². The van der Waals surface area contributed by atoms with Crippen molar-refractivity contribution in [3.05, 3.63) is 77.4 Å². The zero-order chi connectivity index (χ0) is 21.5. The molecule has 2 aromatic carbocycles. The lowest BCUT2D eigenvalue weighted by molar-refractivity contribution is 0.794. The van der Waals surface area contributed by atoms with Crippen molar-refractivity contribution in [1.29, 1.82) is 10.5 Å². The molecule has 3 rings (SSSR count). The molecule has 4 nitrogen and oxygen atoms in total. The van der Waals surface area contributed by atoms with Crippen LogP contribution in [0, 0.1) is 22.7 Å². The first-order valence-electron chi connectivity index (χ1n) is 9.75. The van der Waals surface area contributed by atoms with Gasteiger partial charge in [0.15, 0.2) is 0 Å². The van der Waals surface area contributed by atoms with Gasteiger partial charge in [-0.25, -0.2) is 4.98 Å². The summed E-state index contributed by atoms with van der Waals surface area (Å²) >= 11 is 1.37. The van der Waals surface area contributed by atoms with Crippen molar-refractivity contribution in [2.24, 2.45) is 0 Å². The Balaban J connectivity index is 2.22. The second-order valence-electron chi connectivity index (χ2n) is 6.79. The molecule has 1 heterocycles. The highest BCUT2D eigenvalue weighted by atomic mass is 32.2. The first-order chi connectivity index (χ1) is 14.6. The molecule has 0 saturated heterocycles. The van der Waals surface area contributed by atoms with Gasteiger partial charge in [-0.3, -0.25) is 0 Å². The van der Waals surface area contributed by atoms with Crippen molar-refractivity contribution < 1.29 is 0 Å². The molecular weight excluding hydrogens is 388 g/mol. The number of benzene rings is 2. The van der Waals surface area contributed by atoms with Crippen LogP contribution < -0.4 is 5.73 Å². The number of hydrogen-bond donors (Lipinski definition) is 1. The fourth-order valence-electron chi connectivity index (χ4n) is 3.30. The summed E-state index contributed by atoms with van der Waals surface area (Å²) in [6.07, 6.45) is 4.87. The van der Waals surface area contributed by atoms with Crippen LogP contribution in [-0.2, 0) is 6.42 Å². The number of nitrogen functional groups attached to an aromatic ring is 1. The van der Waals surface area contributed by atoms with Gasteiger partial charge in [-0.15, -0.1) is 0 Å². The number of aromatic nitrogens is 1. The van der Waals surface area contributed by atoms with Gasteiger partial charge in [-0.2, -0.15) is 10.5 Å². The minimum absolute atomic E-state index is 0.132. The van der Waals surface area contributed by atoms with Gasteiger partial charge in [0.2, 0.25) is 0 Å². The fourth-order valence-corrected chi connectivity index (χ4v) is 4.22. The van der Waals surface area contributed by atoms with Crippen LogP contribution in [0.5, 0.6) is 0 Å². The second-order valence-corrected chi connectivity index (χ2v) is 7.85. The smallest absolute Gasteiger partial charge is 0.143 e. The molecule has 148 valence electrons. The molecule has 30 heavy (non-hydrogen) atoms. The number of nitriles is 2. The summed E-state index contributed by atoms with van der Waals surface area (Å²) in [6.45, 7) is 6.06. The number of rotatable bonds is 7. The monoisotopic (exact) mass is 410 g/mol. The maximum Gasteiger partial charge on any atom is 0.143 e. The van der Waals surface area contributed by atoms with Crippen molar-refractivity contribution in [3.63, 3.8) is 0 Å². The molecule has 0 radical (unpaired) electrons. The van der Waals surface area contributed by atoms with Crippen LogP contribution in [0.1, 0.15) is 42.0 Å². The molecule has 0 bridgehead atoms. The van der Waals surface area contributed by atoms with Gasteiger partial charge >= 0.3 is 0 Å². The number of nitrogens with two attached hydrogens (primary N) is 1. The van der Waals surface area contributed by atoms with Crippen molar-refractivity contribution in [2.45, 2.75) is 36.1 Å². The third-order valence-electron chi connectivity index (χ3n) is 4.82. The number of aryl methyl sites for hydroxylation is 1. The number of hydrogen-bond acceptors (Lipinski definition) is 5. The summed E-state index contributed by atoms with van der Waals surface area (Å²) in [6, 6.07) is 20.0. The van der Waals surface area contributed by atoms with Crippen LogP contribution in [0.2, 0.25) is 0 Å². The van der Waals surface area contributed by atoms with Gasteiger partial charge in [0.25, 0.3) is 0 Å². The van der Waals surface area contributed by atoms with Gasteiger partial charge in [0, 0.05) is 10.5 Å². The molecule has 0 aliphatic carbocycles. The van der Waals surface area contributed by atoms with Crippen LogP contribution in [0.4, 0.5) is 5.82 Å². The van der Waals surface area contributed by atoms with E-state index in [-0.39, 0.29) is 11.4 Å². The molecule has 0 unspecified atom stereocenters. The Morgan fingerprint density at radius 1 is 1.10 bits per heavy atom. The highest BCUT2D eigenvalue weighted by Crippen LogP contribution is 2.38. The quantitative estimate of drug-likeness (QED) is 0.500. The van der Waals surface area contributed by atoms with Crippen molar-refractivity contribution in [3.8, 4) is 23.3 Å². The number of pyridine rings is 1. The maximum absolute atomic E-state index is 9.99. The molecule has 0 saturated carbocycles. The molecule has 5 heteroatoms. The Morgan fingerprint density at radius 3 is 2.47 bits per heavy atom. The molecule has 3 aromatic rings. The minimum atomic E-state index is 0.132. The van der Waals surface area contributed by atoms with E-state index in [1.54, 1.807) is 0 Å². The molecule has 2 N–H and O–H groups in total. The van der Waals surface area contributed by atoms with Crippen LogP contribution in [0.15, 0.2) is 65.0 Å². The molecule has 0 aliphatic rings. The van der Waals surface area contributed by atoms with Crippen LogP contribution in [0.3, 0.4) is 0 Å². The van der Waals surface area contributed by atoms with E-state index < -0.39 is 0 Å². The van der Waals surface area contributed by atoms with Gasteiger partial charge in [0.05, 0.1) is 5.56 Å². The van der Waals surface area contributed by atoms with Crippen molar-refractivity contribution >= 4 is 23.7 Å². The summed E-state index contributed by atoms with van der Waals surface area (Å²) in [5, 5.41) is 20.3. The Bertz CT molecular complexity index is 1150. The van der Waals surface area contributed by atoms with E-state index >= 15 is 0 Å². The molecule has 0 fully saturated rings. The van der Waals surface area contributed by atoms with E-state index in [9.17, 15) is 10.5 Å². The lowest BCUT2D eigenvalue weighted by atomic mass is 9.92. The lowest BCUT2D eigenvalue weighted by Gasteiger charge is -2.15. The number of nitrogens with zero attached hydrogens (tertiary/aromatic N) is 3. The molecule has 0 atom stereocenters. The Kier molecular flexibility index (Phi) is 6.91. The molecule has 1 aromatic heterocycles. The normalized spacial score (nSPS) is 10.2. The van der Waals surface area contributed by atoms with Crippen LogP contribution in [-0.4, -0.2) is 4.98 Å². The molecular formula is C25H22N4S. The average Bonchev–Trinajstić information content (AvgIpc) is 2.77. The van der Waals surface area contributed by atoms with Crippen LogP contribution in [0.25, 0.3) is 17.2 Å². The maximum atomic E-state index is 9.99. The summed E-state index contributed by atoms with van der Waals surface area (Å²) in [5.41, 5.74) is 10.3. The SMILES string of the molecule is C=Cc1ccc(-c2c(C#N)c(N)nc(Sc3ccccc3)c2C#N)cc1CCCC. The predicted molar refractivity (Wildman–Crippen MR) is 123 cm³/mol. The lowest BCUT2D eigenvalue weighted by Crippen LogP contribution is -2.04. The predicted octanol–water partition coefficient (Wildman–Crippen LogP) is 6.21. The standard InChI is InChI=1S/C25H22N4S/c1-3-5-9-18-14-19(13-12-17(18)4-2)23-21(15-26)24(28)29-25(22(23)16-27)30-20-10-7-6-8-11-20/h4,6-8,10-14H,2-3,5,9H2,1H3,(H2,28,29). The number of unbranched alkanes of at least 4 members (excludes halogenated alkanes) is 1. The third kappa shape index (κ3) is 4.38.